The zero-order valence-electron chi connectivity index (χ0n) is 19.0. The summed E-state index contributed by atoms with van der Waals surface area (Å²) in [6, 6.07) is 1.37. The number of piperidine rings is 1. The van der Waals surface area contributed by atoms with Crippen molar-refractivity contribution >= 4 is 22.8 Å². The van der Waals surface area contributed by atoms with E-state index in [9.17, 15) is 36.2 Å². The average molecular weight is 538 g/mol. The molecule has 2 N–H and O–H groups in total. The Bertz CT molecular complexity index is 1030. The van der Waals surface area contributed by atoms with E-state index in [0.29, 0.717) is 55.8 Å². The van der Waals surface area contributed by atoms with Crippen molar-refractivity contribution < 1.29 is 41.0 Å². The highest BCUT2D eigenvalue weighted by Crippen LogP contribution is 2.38. The van der Waals surface area contributed by atoms with Crippen molar-refractivity contribution in [1.29, 1.82) is 0 Å². The summed E-state index contributed by atoms with van der Waals surface area (Å²) in [5.41, 5.74) is -2.80. The van der Waals surface area contributed by atoms with E-state index in [4.69, 9.17) is 4.74 Å². The van der Waals surface area contributed by atoms with Gasteiger partial charge in [-0.05, 0) is 67.7 Å². The molecule has 0 aliphatic carbocycles. The van der Waals surface area contributed by atoms with Crippen LogP contribution in [0.5, 0.6) is 0 Å². The van der Waals surface area contributed by atoms with Crippen LogP contribution in [0.15, 0.2) is 34.2 Å². The first kappa shape index (κ1) is 27.0. The number of ether oxygens (including phenoxy) is 1. The number of nitrogens with one attached hydrogen (secondary N) is 1. The Labute approximate surface area is 207 Å². The van der Waals surface area contributed by atoms with Gasteiger partial charge in [-0.2, -0.15) is 26.3 Å². The SMILES string of the molecule is O=C1NC(=N[C@@H]2CCOC[C@H]2O)/C(=C/C2CCN(Cc3ccc(C(F)(F)F)cc3C(F)(F)F)CC2)S1. The summed E-state index contributed by atoms with van der Waals surface area (Å²) in [5.74, 6) is 0.453. The first-order valence-corrected chi connectivity index (χ1v) is 12.3. The smallest absolute Gasteiger partial charge is 0.388 e. The van der Waals surface area contributed by atoms with Crippen LogP contribution in [0.3, 0.4) is 0 Å². The quantitative estimate of drug-likeness (QED) is 0.539. The highest BCUT2D eigenvalue weighted by atomic mass is 32.2. The number of amidine groups is 1. The lowest BCUT2D eigenvalue weighted by molar-refractivity contribution is -0.143. The third-order valence-electron chi connectivity index (χ3n) is 6.40. The predicted octanol–water partition coefficient (Wildman–Crippen LogP) is 4.82. The molecule has 13 heteroatoms. The zero-order chi connectivity index (χ0) is 26.1. The number of halogens is 6. The topological polar surface area (TPSA) is 74.2 Å². The number of hydrogen-bond donors (Lipinski definition) is 2. The van der Waals surface area contributed by atoms with E-state index in [2.05, 4.69) is 10.3 Å². The van der Waals surface area contributed by atoms with Gasteiger partial charge in [0, 0.05) is 13.2 Å². The number of aliphatic imine (C=N–C) groups is 1. The van der Waals surface area contributed by atoms with Gasteiger partial charge in [-0.1, -0.05) is 12.1 Å². The van der Waals surface area contributed by atoms with Crippen LogP contribution in [0.4, 0.5) is 31.1 Å². The lowest BCUT2D eigenvalue weighted by Crippen LogP contribution is -2.37. The Balaban J connectivity index is 1.41. The second-order valence-electron chi connectivity index (χ2n) is 9.00. The van der Waals surface area contributed by atoms with Crippen LogP contribution in [0, 0.1) is 5.92 Å². The molecule has 3 fully saturated rings. The number of aliphatic hydroxyl groups is 1. The van der Waals surface area contributed by atoms with E-state index < -0.39 is 29.6 Å². The third kappa shape index (κ3) is 6.61. The summed E-state index contributed by atoms with van der Waals surface area (Å²) in [6.07, 6.45) is -6.85. The van der Waals surface area contributed by atoms with E-state index in [1.807, 2.05) is 6.08 Å². The number of nitrogens with zero attached hydrogens (tertiary/aromatic N) is 2. The summed E-state index contributed by atoms with van der Waals surface area (Å²) < 4.78 is 84.3. The highest BCUT2D eigenvalue weighted by molar-refractivity contribution is 8.18. The standard InChI is InChI=1S/C23H25F6N3O3S/c24-22(25,26)15-2-1-14(16(10-15)23(27,28)29)11-32-6-3-13(4-7-32)9-19-20(31-21(34)36-19)30-17-5-8-35-12-18(17)33/h1-2,9-10,13,17-18,33H,3-8,11-12H2,(H,30,31,34)/b19-9-/t17-,18-/m1/s1. The van der Waals surface area contributed by atoms with Crippen molar-refractivity contribution in [1.82, 2.24) is 10.2 Å². The molecular weight excluding hydrogens is 512 g/mol. The molecule has 0 saturated carbocycles. The van der Waals surface area contributed by atoms with E-state index >= 15 is 0 Å². The fourth-order valence-corrected chi connectivity index (χ4v) is 5.26. The van der Waals surface area contributed by atoms with Crippen LogP contribution in [-0.2, 0) is 23.6 Å². The molecule has 1 aromatic rings. The molecule has 0 spiro atoms. The minimum Gasteiger partial charge on any atom is -0.388 e. The van der Waals surface area contributed by atoms with Crippen molar-refractivity contribution in [2.24, 2.45) is 10.9 Å². The first-order chi connectivity index (χ1) is 16.9. The van der Waals surface area contributed by atoms with Gasteiger partial charge in [-0.25, -0.2) is 0 Å². The van der Waals surface area contributed by atoms with Crippen molar-refractivity contribution in [2.75, 3.05) is 26.3 Å². The number of carbonyl (C=O) groups excluding carboxylic acids is 1. The van der Waals surface area contributed by atoms with Gasteiger partial charge >= 0.3 is 12.4 Å². The molecule has 3 saturated heterocycles. The molecule has 3 heterocycles. The Kier molecular flexibility index (Phi) is 8.03. The zero-order valence-corrected chi connectivity index (χ0v) is 19.8. The van der Waals surface area contributed by atoms with Gasteiger partial charge < -0.3 is 15.2 Å². The fraction of sp³-hybridized carbons (Fsp3) is 0.565. The van der Waals surface area contributed by atoms with Crippen LogP contribution < -0.4 is 5.32 Å². The van der Waals surface area contributed by atoms with Crippen molar-refractivity contribution in [3.05, 3.63) is 45.9 Å². The molecule has 1 amide bonds. The molecule has 0 radical (unpaired) electrons. The van der Waals surface area contributed by atoms with Gasteiger partial charge in [0.05, 0.1) is 34.8 Å². The summed E-state index contributed by atoms with van der Waals surface area (Å²) in [4.78, 5) is 18.9. The van der Waals surface area contributed by atoms with Gasteiger partial charge in [0.2, 0.25) is 0 Å². The van der Waals surface area contributed by atoms with Gasteiger partial charge in [-0.3, -0.25) is 14.7 Å². The van der Waals surface area contributed by atoms with Crippen LogP contribution in [0.1, 0.15) is 36.0 Å². The molecule has 4 rings (SSSR count). The van der Waals surface area contributed by atoms with E-state index in [1.165, 1.54) is 0 Å². The minimum absolute atomic E-state index is 0.0518. The molecule has 198 valence electrons. The third-order valence-corrected chi connectivity index (χ3v) is 7.23. The maximum absolute atomic E-state index is 13.5. The predicted molar refractivity (Wildman–Crippen MR) is 121 cm³/mol. The number of thioether (sulfide) groups is 1. The highest BCUT2D eigenvalue weighted by Gasteiger charge is 2.38. The summed E-state index contributed by atoms with van der Waals surface area (Å²) >= 11 is 1.01. The lowest BCUT2D eigenvalue weighted by atomic mass is 9.95. The second kappa shape index (κ2) is 10.7. The first-order valence-electron chi connectivity index (χ1n) is 11.4. The average Bonchev–Trinajstić information content (AvgIpc) is 3.14. The van der Waals surface area contributed by atoms with Gasteiger partial charge in [0.25, 0.3) is 5.24 Å². The van der Waals surface area contributed by atoms with Gasteiger partial charge in [0.15, 0.2) is 0 Å². The van der Waals surface area contributed by atoms with E-state index in [0.717, 1.165) is 17.8 Å². The Morgan fingerprint density at radius 1 is 1.14 bits per heavy atom. The number of hydrogen-bond acceptors (Lipinski definition) is 6. The fourth-order valence-electron chi connectivity index (χ4n) is 4.46. The van der Waals surface area contributed by atoms with Crippen LogP contribution in [-0.4, -0.2) is 59.5 Å². The number of rotatable bonds is 4. The Morgan fingerprint density at radius 3 is 2.50 bits per heavy atom. The summed E-state index contributed by atoms with van der Waals surface area (Å²) in [5, 5.41) is 12.5. The maximum Gasteiger partial charge on any atom is 0.416 e. The molecule has 1 aromatic carbocycles. The van der Waals surface area contributed by atoms with Crippen molar-refractivity contribution in [3.63, 3.8) is 0 Å². The van der Waals surface area contributed by atoms with Crippen LogP contribution in [0.25, 0.3) is 0 Å². The molecule has 3 aliphatic heterocycles. The molecule has 3 aliphatic rings. The number of carbonyl (C=O) groups is 1. The number of benzene rings is 1. The van der Waals surface area contributed by atoms with Gasteiger partial charge in [0.1, 0.15) is 5.84 Å². The minimum atomic E-state index is -4.90. The molecule has 2 atom stereocenters. The van der Waals surface area contributed by atoms with E-state index in [1.54, 1.807) is 4.90 Å². The number of alkyl halides is 6. The Morgan fingerprint density at radius 2 is 1.86 bits per heavy atom. The second-order valence-corrected chi connectivity index (χ2v) is 10.0. The van der Waals surface area contributed by atoms with Crippen molar-refractivity contribution in [3.8, 4) is 0 Å². The van der Waals surface area contributed by atoms with E-state index in [-0.39, 0.29) is 42.0 Å². The normalized spacial score (nSPS) is 27.1. The molecule has 36 heavy (non-hydrogen) atoms. The largest absolute Gasteiger partial charge is 0.416 e. The molecular formula is C23H25F6N3O3S. The number of likely N-dealkylation sites (tertiary alicyclic amines) is 1. The summed E-state index contributed by atoms with van der Waals surface area (Å²) in [7, 11) is 0. The maximum atomic E-state index is 13.5. The number of aliphatic hydroxyl groups excluding tert-OH is 1. The Hall–Kier alpha value is -2.09. The van der Waals surface area contributed by atoms with Gasteiger partial charge in [-0.15, -0.1) is 0 Å². The monoisotopic (exact) mass is 537 g/mol. The molecule has 6 nitrogen and oxygen atoms in total. The molecule has 0 unspecified atom stereocenters. The summed E-state index contributed by atoms with van der Waals surface area (Å²) in [6.45, 7) is 1.43. The van der Waals surface area contributed by atoms with Crippen LogP contribution >= 0.6 is 11.8 Å². The van der Waals surface area contributed by atoms with Crippen LogP contribution in [0.2, 0.25) is 0 Å². The molecule has 0 bridgehead atoms. The lowest BCUT2D eigenvalue weighted by Gasteiger charge is -2.31. The molecule has 0 aromatic heterocycles. The van der Waals surface area contributed by atoms with Crippen molar-refractivity contribution in [2.45, 2.75) is 50.3 Å². The number of allylic oxidation sites excluding steroid dienone is 1. The number of amides is 1.